The average Bonchev–Trinajstić information content (AvgIpc) is 3.10. The molecule has 0 spiro atoms. The highest BCUT2D eigenvalue weighted by Gasteiger charge is 2.25. The van der Waals surface area contributed by atoms with Crippen LogP contribution >= 0.6 is 0 Å². The predicted molar refractivity (Wildman–Crippen MR) is 207 cm³/mol. The topological polar surface area (TPSA) is 24.7 Å². The van der Waals surface area contributed by atoms with E-state index in [1.54, 1.807) is 0 Å². The molecular weight excluding hydrogens is 581 g/mol. The van der Waals surface area contributed by atoms with Crippen molar-refractivity contribution >= 4 is 65.9 Å². The van der Waals surface area contributed by atoms with Crippen molar-refractivity contribution in [1.82, 2.24) is 0 Å². The molecule has 0 fully saturated rings. The molecule has 2 nitrogen and oxygen atoms in total. The molecule has 0 saturated carbocycles. The fourth-order valence-electron chi connectivity index (χ4n) is 7.18. The van der Waals surface area contributed by atoms with Crippen LogP contribution in [-0.4, -0.2) is 11.4 Å². The maximum Gasteiger partial charge on any atom is 0.0985 e. The van der Waals surface area contributed by atoms with Gasteiger partial charge in [0, 0.05) is 11.1 Å². The molecule has 0 aliphatic heterocycles. The molecule has 8 aromatic carbocycles. The number of hydrogen-bond donors (Lipinski definition) is 0. The maximum absolute atomic E-state index is 5.76. The third-order valence-electron chi connectivity index (χ3n) is 9.57. The highest BCUT2D eigenvalue weighted by molar-refractivity contribution is 6.60. The number of aryl methyl sites for hydroxylation is 4. The van der Waals surface area contributed by atoms with E-state index in [9.17, 15) is 0 Å². The zero-order chi connectivity index (χ0) is 32.8. The monoisotopic (exact) mass is 616 g/mol. The van der Waals surface area contributed by atoms with Crippen molar-refractivity contribution in [2.24, 2.45) is 9.98 Å². The summed E-state index contributed by atoms with van der Waals surface area (Å²) in [6.45, 7) is 8.61. The first-order valence-electron chi connectivity index (χ1n) is 16.6. The number of benzene rings is 8. The van der Waals surface area contributed by atoms with Gasteiger partial charge in [-0.3, -0.25) is 0 Å². The molecule has 8 rings (SSSR count). The van der Waals surface area contributed by atoms with Crippen molar-refractivity contribution in [3.8, 4) is 0 Å². The van der Waals surface area contributed by atoms with Crippen molar-refractivity contribution in [2.45, 2.75) is 27.7 Å². The number of para-hydroxylation sites is 2. The normalized spacial score (nSPS) is 12.4. The van der Waals surface area contributed by atoms with Crippen molar-refractivity contribution in [3.63, 3.8) is 0 Å². The first-order chi connectivity index (χ1) is 23.5. The molecule has 0 aliphatic rings. The van der Waals surface area contributed by atoms with E-state index in [0.717, 1.165) is 77.7 Å². The van der Waals surface area contributed by atoms with E-state index in [2.05, 4.69) is 173 Å². The van der Waals surface area contributed by atoms with Crippen molar-refractivity contribution in [2.75, 3.05) is 0 Å². The Balaban J connectivity index is 1.64. The highest BCUT2D eigenvalue weighted by Crippen LogP contribution is 2.37. The first-order valence-corrected chi connectivity index (χ1v) is 16.6. The van der Waals surface area contributed by atoms with Gasteiger partial charge in [0.2, 0.25) is 0 Å². The lowest BCUT2D eigenvalue weighted by Crippen LogP contribution is -2.19. The van der Waals surface area contributed by atoms with E-state index < -0.39 is 0 Å². The van der Waals surface area contributed by atoms with Crippen molar-refractivity contribution in [3.05, 3.63) is 179 Å². The summed E-state index contributed by atoms with van der Waals surface area (Å²) in [7, 11) is 0. The Hall–Kier alpha value is -5.86. The standard InChI is InChI=1S/C46H36N2/c1-29-15-13-16-30(2)43(29)47-45(41-37-23-9-5-19-33(37)27-34-20-6-10-24-38(34)41)46(48-44-31(3)17-14-18-32(44)4)42-39-25-11-7-21-35(39)28-36-22-8-12-26-40(36)42/h5-28H,1-4H3. The molecule has 0 N–H and O–H groups in total. The van der Waals surface area contributed by atoms with Crippen LogP contribution in [0.15, 0.2) is 156 Å². The van der Waals surface area contributed by atoms with Gasteiger partial charge in [-0.15, -0.1) is 0 Å². The molecule has 0 atom stereocenters. The first kappa shape index (κ1) is 29.5. The fraction of sp³-hybridized carbons (Fsp3) is 0.0870. The molecule has 0 aromatic heterocycles. The second-order valence-corrected chi connectivity index (χ2v) is 12.8. The Kier molecular flexibility index (Phi) is 7.42. The molecule has 8 aromatic rings. The van der Waals surface area contributed by atoms with Crippen LogP contribution in [0.2, 0.25) is 0 Å². The highest BCUT2D eigenvalue weighted by atomic mass is 14.8. The van der Waals surface area contributed by atoms with Crippen LogP contribution in [0.5, 0.6) is 0 Å². The summed E-state index contributed by atoms with van der Waals surface area (Å²) < 4.78 is 0. The van der Waals surface area contributed by atoms with Gasteiger partial charge in [-0.2, -0.15) is 0 Å². The number of nitrogens with zero attached hydrogens (tertiary/aromatic N) is 2. The van der Waals surface area contributed by atoms with Gasteiger partial charge < -0.3 is 0 Å². The number of rotatable bonds is 5. The van der Waals surface area contributed by atoms with Gasteiger partial charge in [0.25, 0.3) is 0 Å². The molecular formula is C46H36N2. The van der Waals surface area contributed by atoms with Crippen LogP contribution in [0.1, 0.15) is 33.4 Å². The van der Waals surface area contributed by atoms with E-state index in [1.807, 2.05) is 0 Å². The van der Waals surface area contributed by atoms with Crippen LogP contribution < -0.4 is 0 Å². The van der Waals surface area contributed by atoms with Gasteiger partial charge in [-0.25, -0.2) is 9.98 Å². The SMILES string of the molecule is Cc1cccc(C)c1N=C(C(=Nc1c(C)cccc1C)c1c2ccccc2cc2ccccc12)c1c2ccccc2cc2ccccc12. The van der Waals surface area contributed by atoms with Gasteiger partial charge in [0.1, 0.15) is 0 Å². The summed E-state index contributed by atoms with van der Waals surface area (Å²) in [6, 6.07) is 52.2. The molecule has 0 radical (unpaired) electrons. The Labute approximate surface area is 281 Å². The third kappa shape index (κ3) is 5.07. The summed E-state index contributed by atoms with van der Waals surface area (Å²) in [5.41, 5.74) is 10.4. The minimum absolute atomic E-state index is 0.865. The molecule has 230 valence electrons. The van der Waals surface area contributed by atoms with E-state index in [-0.39, 0.29) is 0 Å². The maximum atomic E-state index is 5.76. The average molecular weight is 617 g/mol. The van der Waals surface area contributed by atoms with Crippen LogP contribution in [-0.2, 0) is 0 Å². The molecule has 2 heteroatoms. The molecule has 0 unspecified atom stereocenters. The summed E-state index contributed by atoms with van der Waals surface area (Å²) >= 11 is 0. The molecule has 0 aliphatic carbocycles. The molecule has 0 heterocycles. The Morgan fingerprint density at radius 2 is 0.604 bits per heavy atom. The van der Waals surface area contributed by atoms with Gasteiger partial charge in [-0.05, 0) is 105 Å². The second kappa shape index (κ2) is 12.1. The Morgan fingerprint density at radius 3 is 0.896 bits per heavy atom. The van der Waals surface area contributed by atoms with Crippen molar-refractivity contribution in [1.29, 1.82) is 0 Å². The summed E-state index contributed by atoms with van der Waals surface area (Å²) in [4.78, 5) is 11.5. The number of hydrogen-bond acceptors (Lipinski definition) is 2. The van der Waals surface area contributed by atoms with E-state index in [4.69, 9.17) is 9.98 Å². The lowest BCUT2D eigenvalue weighted by atomic mass is 9.86. The predicted octanol–water partition coefficient (Wildman–Crippen LogP) is 12.5. The fourth-order valence-corrected chi connectivity index (χ4v) is 7.18. The zero-order valence-corrected chi connectivity index (χ0v) is 27.8. The van der Waals surface area contributed by atoms with Crippen LogP contribution in [0, 0.1) is 27.7 Å². The number of fused-ring (bicyclic) bond motifs is 4. The van der Waals surface area contributed by atoms with Gasteiger partial charge in [0.15, 0.2) is 0 Å². The van der Waals surface area contributed by atoms with Crippen LogP contribution in [0.3, 0.4) is 0 Å². The lowest BCUT2D eigenvalue weighted by molar-refractivity contribution is 1.32. The van der Waals surface area contributed by atoms with Crippen molar-refractivity contribution < 1.29 is 0 Å². The Morgan fingerprint density at radius 1 is 0.333 bits per heavy atom. The van der Waals surface area contributed by atoms with E-state index in [1.165, 1.54) is 21.5 Å². The second-order valence-electron chi connectivity index (χ2n) is 12.8. The molecule has 0 bridgehead atoms. The smallest absolute Gasteiger partial charge is 0.0985 e. The molecule has 0 saturated heterocycles. The van der Waals surface area contributed by atoms with Crippen LogP contribution in [0.25, 0.3) is 43.1 Å². The quantitative estimate of drug-likeness (QED) is 0.136. The Bertz CT molecular complexity index is 2270. The number of aliphatic imine (C=N–C) groups is 2. The largest absolute Gasteiger partial charge is 0.246 e. The zero-order valence-electron chi connectivity index (χ0n) is 27.8. The molecule has 48 heavy (non-hydrogen) atoms. The van der Waals surface area contributed by atoms with E-state index in [0.29, 0.717) is 0 Å². The lowest BCUT2D eigenvalue weighted by Gasteiger charge is -2.21. The van der Waals surface area contributed by atoms with Gasteiger partial charge in [0.05, 0.1) is 22.8 Å². The minimum atomic E-state index is 0.865. The van der Waals surface area contributed by atoms with E-state index >= 15 is 0 Å². The van der Waals surface area contributed by atoms with Crippen LogP contribution in [0.4, 0.5) is 11.4 Å². The third-order valence-corrected chi connectivity index (χ3v) is 9.57. The summed E-state index contributed by atoms with van der Waals surface area (Å²) in [5, 5.41) is 9.31. The molecule has 0 amide bonds. The van der Waals surface area contributed by atoms with Gasteiger partial charge >= 0.3 is 0 Å². The summed E-state index contributed by atoms with van der Waals surface area (Å²) in [5.74, 6) is 0. The van der Waals surface area contributed by atoms with Gasteiger partial charge in [-0.1, -0.05) is 133 Å². The summed E-state index contributed by atoms with van der Waals surface area (Å²) in [6.07, 6.45) is 0. The minimum Gasteiger partial charge on any atom is -0.246 e.